The fraction of sp³-hybridized carbons (Fsp3) is 0.182. The van der Waals surface area contributed by atoms with Crippen molar-refractivity contribution in [3.05, 3.63) is 87.6 Å². The van der Waals surface area contributed by atoms with Gasteiger partial charge >= 0.3 is 5.97 Å². The Kier molecular flexibility index (Phi) is 4.72. The number of rotatable bonds is 4. The Morgan fingerprint density at radius 1 is 1.10 bits per heavy atom. The summed E-state index contributed by atoms with van der Waals surface area (Å²) in [6.45, 7) is 4.33. The predicted octanol–water partition coefficient (Wildman–Crippen LogP) is 3.03. The maximum atomic E-state index is 13.0. The molecule has 2 aromatic carbocycles. The molecule has 7 nitrogen and oxygen atoms in total. The second-order valence-corrected chi connectivity index (χ2v) is 7.01. The van der Waals surface area contributed by atoms with E-state index in [0.717, 1.165) is 22.4 Å². The number of benzene rings is 2. The van der Waals surface area contributed by atoms with Crippen molar-refractivity contribution in [2.24, 2.45) is 0 Å². The average Bonchev–Trinajstić information content (AvgIpc) is 3.14. The van der Waals surface area contributed by atoms with Crippen LogP contribution in [0, 0.1) is 13.8 Å². The standard InChI is InChI=1S/C22H20N4O3/c1-14-7-15(2)9-18(8-14)26-20-19(11-24-26)21(27)25(13-23-20)12-16-5-4-6-17(10-16)22(28)29-3/h4-11,13H,12H2,1-3H3. The summed E-state index contributed by atoms with van der Waals surface area (Å²) < 4.78 is 7.94. The van der Waals surface area contributed by atoms with Crippen LogP contribution in [0.25, 0.3) is 16.7 Å². The summed E-state index contributed by atoms with van der Waals surface area (Å²) in [6.07, 6.45) is 3.06. The van der Waals surface area contributed by atoms with Crippen LogP contribution in [0.15, 0.2) is 59.8 Å². The van der Waals surface area contributed by atoms with Crippen molar-refractivity contribution in [1.82, 2.24) is 19.3 Å². The van der Waals surface area contributed by atoms with Crippen molar-refractivity contribution in [3.8, 4) is 5.69 Å². The molecular formula is C22H20N4O3. The number of hydrogen-bond acceptors (Lipinski definition) is 5. The molecule has 4 aromatic rings. The minimum Gasteiger partial charge on any atom is -0.465 e. The van der Waals surface area contributed by atoms with E-state index in [1.54, 1.807) is 29.1 Å². The molecule has 4 rings (SSSR count). The van der Waals surface area contributed by atoms with Gasteiger partial charge < -0.3 is 4.74 Å². The zero-order valence-corrected chi connectivity index (χ0v) is 16.4. The molecule has 0 aliphatic rings. The molecule has 2 heterocycles. The average molecular weight is 388 g/mol. The molecule has 0 aliphatic carbocycles. The van der Waals surface area contributed by atoms with E-state index in [4.69, 9.17) is 4.74 Å². The highest BCUT2D eigenvalue weighted by Gasteiger charge is 2.13. The van der Waals surface area contributed by atoms with E-state index >= 15 is 0 Å². The molecule has 0 radical (unpaired) electrons. The molecule has 146 valence electrons. The van der Waals surface area contributed by atoms with Gasteiger partial charge in [-0.2, -0.15) is 5.10 Å². The quantitative estimate of drug-likeness (QED) is 0.502. The van der Waals surface area contributed by atoms with E-state index in [0.29, 0.717) is 23.1 Å². The molecule has 0 unspecified atom stereocenters. The number of aryl methyl sites for hydroxylation is 2. The van der Waals surface area contributed by atoms with Gasteiger partial charge in [-0.25, -0.2) is 14.5 Å². The van der Waals surface area contributed by atoms with Crippen LogP contribution in [0.2, 0.25) is 0 Å². The second-order valence-electron chi connectivity index (χ2n) is 7.01. The highest BCUT2D eigenvalue weighted by Crippen LogP contribution is 2.17. The minimum absolute atomic E-state index is 0.186. The first-order valence-electron chi connectivity index (χ1n) is 9.15. The van der Waals surface area contributed by atoms with Crippen LogP contribution >= 0.6 is 0 Å². The highest BCUT2D eigenvalue weighted by atomic mass is 16.5. The lowest BCUT2D eigenvalue weighted by atomic mass is 10.1. The summed E-state index contributed by atoms with van der Waals surface area (Å²) in [6, 6.07) is 13.1. The molecule has 0 amide bonds. The van der Waals surface area contributed by atoms with E-state index in [9.17, 15) is 9.59 Å². The molecule has 0 spiro atoms. The molecule has 2 aromatic heterocycles. The van der Waals surface area contributed by atoms with Crippen molar-refractivity contribution < 1.29 is 9.53 Å². The first kappa shape index (κ1) is 18.6. The third-order valence-electron chi connectivity index (χ3n) is 4.71. The Morgan fingerprint density at radius 2 is 1.86 bits per heavy atom. The lowest BCUT2D eigenvalue weighted by molar-refractivity contribution is 0.0600. The van der Waals surface area contributed by atoms with Crippen molar-refractivity contribution in [1.29, 1.82) is 0 Å². The third-order valence-corrected chi connectivity index (χ3v) is 4.71. The normalized spacial score (nSPS) is 11.0. The maximum Gasteiger partial charge on any atom is 0.337 e. The van der Waals surface area contributed by atoms with Crippen LogP contribution in [-0.4, -0.2) is 32.4 Å². The zero-order valence-electron chi connectivity index (χ0n) is 16.4. The van der Waals surface area contributed by atoms with Crippen molar-refractivity contribution in [2.75, 3.05) is 7.11 Å². The fourth-order valence-electron chi connectivity index (χ4n) is 3.43. The van der Waals surface area contributed by atoms with E-state index in [1.807, 2.05) is 32.0 Å². The molecule has 0 saturated heterocycles. The Bertz CT molecular complexity index is 1270. The molecule has 7 heteroatoms. The number of hydrogen-bond donors (Lipinski definition) is 0. The maximum absolute atomic E-state index is 13.0. The van der Waals surface area contributed by atoms with Crippen molar-refractivity contribution in [3.63, 3.8) is 0 Å². The van der Waals surface area contributed by atoms with Gasteiger partial charge in [0.1, 0.15) is 11.7 Å². The van der Waals surface area contributed by atoms with E-state index in [2.05, 4.69) is 16.1 Å². The Hall–Kier alpha value is -3.74. The number of fused-ring (bicyclic) bond motifs is 1. The first-order chi connectivity index (χ1) is 14.0. The summed E-state index contributed by atoms with van der Waals surface area (Å²) >= 11 is 0. The lowest BCUT2D eigenvalue weighted by Crippen LogP contribution is -2.21. The van der Waals surface area contributed by atoms with Gasteiger partial charge in [-0.15, -0.1) is 0 Å². The number of carbonyl (C=O) groups is 1. The van der Waals surface area contributed by atoms with Gasteiger partial charge in [0.2, 0.25) is 0 Å². The summed E-state index contributed by atoms with van der Waals surface area (Å²) in [5.41, 5.74) is 4.67. The fourth-order valence-corrected chi connectivity index (χ4v) is 3.43. The van der Waals surface area contributed by atoms with Gasteiger partial charge in [0, 0.05) is 0 Å². The van der Waals surface area contributed by atoms with Crippen LogP contribution in [0.5, 0.6) is 0 Å². The smallest absolute Gasteiger partial charge is 0.337 e. The molecule has 0 fully saturated rings. The van der Waals surface area contributed by atoms with Gasteiger partial charge in [0.15, 0.2) is 5.65 Å². The number of carbonyl (C=O) groups excluding carboxylic acids is 1. The monoisotopic (exact) mass is 388 g/mol. The number of nitrogens with zero attached hydrogens (tertiary/aromatic N) is 4. The second kappa shape index (κ2) is 7.35. The Balaban J connectivity index is 1.73. The van der Waals surface area contributed by atoms with Crippen LogP contribution < -0.4 is 5.56 Å². The number of aromatic nitrogens is 4. The van der Waals surface area contributed by atoms with Crippen LogP contribution in [0.4, 0.5) is 0 Å². The number of esters is 1. The molecule has 0 N–H and O–H groups in total. The summed E-state index contributed by atoms with van der Waals surface area (Å²) in [5.74, 6) is -0.414. The molecule has 29 heavy (non-hydrogen) atoms. The van der Waals surface area contributed by atoms with E-state index in [1.165, 1.54) is 18.0 Å². The molecule has 0 atom stereocenters. The summed E-state index contributed by atoms with van der Waals surface area (Å²) in [5, 5.41) is 4.83. The van der Waals surface area contributed by atoms with Crippen molar-refractivity contribution >= 4 is 17.0 Å². The SMILES string of the molecule is COC(=O)c1cccc(Cn2cnc3c(cnn3-c3cc(C)cc(C)c3)c2=O)c1. The van der Waals surface area contributed by atoms with Gasteiger partial charge in [0.05, 0.1) is 31.1 Å². The van der Waals surface area contributed by atoms with Crippen molar-refractivity contribution in [2.45, 2.75) is 20.4 Å². The third kappa shape index (κ3) is 3.54. The summed E-state index contributed by atoms with van der Waals surface area (Å²) in [4.78, 5) is 29.2. The van der Waals surface area contributed by atoms with Crippen LogP contribution in [-0.2, 0) is 11.3 Å². The van der Waals surface area contributed by atoms with Gasteiger partial charge in [0.25, 0.3) is 5.56 Å². The predicted molar refractivity (Wildman–Crippen MR) is 109 cm³/mol. The molecular weight excluding hydrogens is 368 g/mol. The Labute approximate surface area is 167 Å². The molecule has 0 aliphatic heterocycles. The molecule has 0 saturated carbocycles. The largest absolute Gasteiger partial charge is 0.465 e. The topological polar surface area (TPSA) is 79.0 Å². The zero-order chi connectivity index (χ0) is 20.5. The Morgan fingerprint density at radius 3 is 2.59 bits per heavy atom. The summed E-state index contributed by atoms with van der Waals surface area (Å²) in [7, 11) is 1.34. The first-order valence-corrected chi connectivity index (χ1v) is 9.15. The van der Waals surface area contributed by atoms with Gasteiger partial charge in [-0.1, -0.05) is 18.2 Å². The van der Waals surface area contributed by atoms with Crippen LogP contribution in [0.3, 0.4) is 0 Å². The van der Waals surface area contributed by atoms with E-state index in [-0.39, 0.29) is 5.56 Å². The van der Waals surface area contributed by atoms with E-state index < -0.39 is 5.97 Å². The molecule has 0 bridgehead atoms. The lowest BCUT2D eigenvalue weighted by Gasteiger charge is -2.08. The number of methoxy groups -OCH3 is 1. The van der Waals surface area contributed by atoms with Crippen LogP contribution in [0.1, 0.15) is 27.0 Å². The van der Waals surface area contributed by atoms with Gasteiger partial charge in [-0.3, -0.25) is 9.36 Å². The minimum atomic E-state index is -0.414. The highest BCUT2D eigenvalue weighted by molar-refractivity contribution is 5.89. The van der Waals surface area contributed by atoms with Gasteiger partial charge in [-0.05, 0) is 54.8 Å². The number of ether oxygens (including phenoxy) is 1.